The number of phenolic OH excluding ortho intramolecular Hbond substituents is 1. The lowest BCUT2D eigenvalue weighted by molar-refractivity contribution is -0.114. The Hall–Kier alpha value is -2.95. The van der Waals surface area contributed by atoms with E-state index in [1.807, 2.05) is 0 Å². The maximum atomic E-state index is 10.4. The Labute approximate surface area is 160 Å². The van der Waals surface area contributed by atoms with Crippen molar-refractivity contribution in [2.24, 2.45) is 0 Å². The highest BCUT2D eigenvalue weighted by Gasteiger charge is 2.48. The molecule has 0 spiro atoms. The lowest BCUT2D eigenvalue weighted by Crippen LogP contribution is -2.36. The molecule has 3 aromatic rings. The molecule has 2 aromatic heterocycles. The second-order valence-corrected chi connectivity index (χ2v) is 6.79. The molecule has 28 heavy (non-hydrogen) atoms. The van der Waals surface area contributed by atoms with E-state index in [-0.39, 0.29) is 24.6 Å². The number of ether oxygens (including phenoxy) is 2. The Morgan fingerprint density at radius 3 is 2.89 bits per heavy atom. The van der Waals surface area contributed by atoms with Crippen molar-refractivity contribution >= 4 is 17.0 Å². The molecule has 5 N–H and O–H groups in total. The Bertz CT molecular complexity index is 1010. The highest BCUT2D eigenvalue weighted by Crippen LogP contribution is 2.41. The molecule has 3 atom stereocenters. The fourth-order valence-electron chi connectivity index (χ4n) is 3.68. The molecule has 148 valence electrons. The van der Waals surface area contributed by atoms with Crippen LogP contribution in [0, 0.1) is 0 Å². The topological polar surface area (TPSA) is 149 Å². The van der Waals surface area contributed by atoms with Crippen LogP contribution in [0.5, 0.6) is 11.5 Å². The summed E-state index contributed by atoms with van der Waals surface area (Å²) < 4.78 is 13.0. The molecule has 0 saturated carbocycles. The Balaban J connectivity index is 1.83. The van der Waals surface area contributed by atoms with Crippen LogP contribution in [0.2, 0.25) is 0 Å². The molecule has 1 saturated heterocycles. The van der Waals surface area contributed by atoms with Crippen molar-refractivity contribution in [2.45, 2.75) is 30.8 Å². The van der Waals surface area contributed by atoms with Gasteiger partial charge in [0, 0.05) is 12.8 Å². The standard InChI is InChI=1S/C18H21N5O5/c1-27-13-4-10(2-3-11(13)25)5-18(6-12(26)14(7-24)28-18)23-9-22-15-16(19)20-8-21-17(15)23/h2-4,8-9,12,14,24-26H,5-7H2,1H3,(H2,19,20,21)/t12-,14+,18+/m0/s1. The number of aliphatic hydroxyl groups is 2. The first-order valence-electron chi connectivity index (χ1n) is 8.74. The van der Waals surface area contributed by atoms with Gasteiger partial charge in [0.25, 0.3) is 0 Å². The van der Waals surface area contributed by atoms with Crippen molar-refractivity contribution in [1.82, 2.24) is 19.5 Å². The number of aromatic hydroxyl groups is 1. The van der Waals surface area contributed by atoms with Crippen molar-refractivity contribution in [3.8, 4) is 11.5 Å². The van der Waals surface area contributed by atoms with E-state index < -0.39 is 17.9 Å². The van der Waals surface area contributed by atoms with Crippen molar-refractivity contribution in [2.75, 3.05) is 19.5 Å². The minimum atomic E-state index is -1.07. The molecule has 0 amide bonds. The zero-order valence-electron chi connectivity index (χ0n) is 15.2. The predicted octanol–water partition coefficient (Wildman–Crippen LogP) is 0.160. The summed E-state index contributed by atoms with van der Waals surface area (Å²) in [5, 5.41) is 29.9. The van der Waals surface area contributed by atoms with E-state index in [0.29, 0.717) is 23.3 Å². The van der Waals surface area contributed by atoms with Gasteiger partial charge in [-0.3, -0.25) is 4.57 Å². The number of aromatic nitrogens is 4. The molecular weight excluding hydrogens is 366 g/mol. The van der Waals surface area contributed by atoms with Gasteiger partial charge in [-0.1, -0.05) is 6.07 Å². The number of anilines is 1. The summed E-state index contributed by atoms with van der Waals surface area (Å²) in [6.45, 7) is -0.328. The number of fused-ring (bicyclic) bond motifs is 1. The van der Waals surface area contributed by atoms with E-state index in [1.165, 1.54) is 19.5 Å². The van der Waals surface area contributed by atoms with Crippen molar-refractivity contribution in [3.05, 3.63) is 36.4 Å². The fraction of sp³-hybridized carbons (Fsp3) is 0.389. The number of hydrogen-bond donors (Lipinski definition) is 4. The van der Waals surface area contributed by atoms with Crippen LogP contribution >= 0.6 is 0 Å². The smallest absolute Gasteiger partial charge is 0.167 e. The van der Waals surface area contributed by atoms with Crippen molar-refractivity contribution in [3.63, 3.8) is 0 Å². The number of aliphatic hydroxyl groups excluding tert-OH is 2. The first kappa shape index (κ1) is 18.4. The number of nitrogens with zero attached hydrogens (tertiary/aromatic N) is 4. The van der Waals surface area contributed by atoms with Crippen molar-refractivity contribution in [1.29, 1.82) is 0 Å². The molecule has 0 unspecified atom stereocenters. The normalized spacial score (nSPS) is 24.7. The maximum absolute atomic E-state index is 10.4. The largest absolute Gasteiger partial charge is 0.504 e. The Kier molecular flexibility index (Phi) is 4.53. The van der Waals surface area contributed by atoms with Gasteiger partial charge < -0.3 is 30.5 Å². The summed E-state index contributed by atoms with van der Waals surface area (Å²) >= 11 is 0. The summed E-state index contributed by atoms with van der Waals surface area (Å²) in [5.74, 6) is 0.587. The lowest BCUT2D eigenvalue weighted by atomic mass is 9.97. The summed E-state index contributed by atoms with van der Waals surface area (Å²) in [5.41, 5.74) is 6.52. The molecule has 1 aliphatic heterocycles. The van der Waals surface area contributed by atoms with Crippen LogP contribution in [-0.2, 0) is 16.9 Å². The highest BCUT2D eigenvalue weighted by atomic mass is 16.6. The molecule has 3 heterocycles. The highest BCUT2D eigenvalue weighted by molar-refractivity contribution is 5.81. The molecule has 1 fully saturated rings. The molecule has 0 aliphatic carbocycles. The number of phenols is 1. The predicted molar refractivity (Wildman–Crippen MR) is 98.7 cm³/mol. The average molecular weight is 387 g/mol. The third-order valence-electron chi connectivity index (χ3n) is 5.03. The zero-order chi connectivity index (χ0) is 19.9. The minimum absolute atomic E-state index is 0.0227. The first-order valence-corrected chi connectivity index (χ1v) is 8.74. The maximum Gasteiger partial charge on any atom is 0.167 e. The number of nitrogen functional groups attached to an aromatic ring is 1. The monoisotopic (exact) mass is 387 g/mol. The van der Waals surface area contributed by atoms with Gasteiger partial charge in [-0.15, -0.1) is 0 Å². The first-order chi connectivity index (χ1) is 13.5. The summed E-state index contributed by atoms with van der Waals surface area (Å²) in [6.07, 6.45) is 1.77. The van der Waals surface area contributed by atoms with E-state index in [9.17, 15) is 15.3 Å². The quantitative estimate of drug-likeness (QED) is 0.480. The van der Waals surface area contributed by atoms with Crippen LogP contribution in [-0.4, -0.2) is 60.8 Å². The van der Waals surface area contributed by atoms with Crippen LogP contribution in [0.25, 0.3) is 11.2 Å². The molecular formula is C18H21N5O5. The van der Waals surface area contributed by atoms with Gasteiger partial charge in [-0.05, 0) is 17.7 Å². The van der Waals surface area contributed by atoms with E-state index in [0.717, 1.165) is 5.56 Å². The summed E-state index contributed by atoms with van der Waals surface area (Å²) in [4.78, 5) is 12.5. The zero-order valence-corrected chi connectivity index (χ0v) is 15.2. The number of hydrogen-bond acceptors (Lipinski definition) is 9. The summed E-state index contributed by atoms with van der Waals surface area (Å²) in [6, 6.07) is 4.97. The number of methoxy groups -OCH3 is 1. The second-order valence-electron chi connectivity index (χ2n) is 6.79. The van der Waals surface area contributed by atoms with Gasteiger partial charge in [0.2, 0.25) is 0 Å². The minimum Gasteiger partial charge on any atom is -0.504 e. The number of imidazole rings is 1. The van der Waals surface area contributed by atoms with Crippen LogP contribution in [0.15, 0.2) is 30.9 Å². The molecule has 4 rings (SSSR count). The second kappa shape index (κ2) is 6.89. The third-order valence-corrected chi connectivity index (χ3v) is 5.03. The van der Waals surface area contributed by atoms with Gasteiger partial charge in [-0.2, -0.15) is 0 Å². The lowest BCUT2D eigenvalue weighted by Gasteiger charge is -2.31. The van der Waals surface area contributed by atoms with E-state index in [1.54, 1.807) is 23.0 Å². The van der Waals surface area contributed by atoms with Gasteiger partial charge in [-0.25, -0.2) is 15.0 Å². The molecule has 1 aliphatic rings. The van der Waals surface area contributed by atoms with Gasteiger partial charge in [0.1, 0.15) is 17.9 Å². The van der Waals surface area contributed by atoms with E-state index >= 15 is 0 Å². The van der Waals surface area contributed by atoms with Gasteiger partial charge >= 0.3 is 0 Å². The molecule has 1 aromatic carbocycles. The average Bonchev–Trinajstić information content (AvgIpc) is 3.26. The number of benzene rings is 1. The Morgan fingerprint density at radius 2 is 2.18 bits per heavy atom. The van der Waals surface area contributed by atoms with Crippen LogP contribution < -0.4 is 10.5 Å². The SMILES string of the molecule is COc1cc(C[C@]2(n3cnc4c(N)ncnc43)C[C@H](O)[C@@H](CO)O2)ccc1O. The molecule has 0 radical (unpaired) electrons. The summed E-state index contributed by atoms with van der Waals surface area (Å²) in [7, 11) is 1.47. The molecule has 10 heteroatoms. The van der Waals surface area contributed by atoms with E-state index in [2.05, 4.69) is 15.0 Å². The van der Waals surface area contributed by atoms with Gasteiger partial charge in [0.05, 0.1) is 26.1 Å². The third kappa shape index (κ3) is 2.91. The van der Waals surface area contributed by atoms with Crippen LogP contribution in [0.4, 0.5) is 5.82 Å². The molecule has 10 nitrogen and oxygen atoms in total. The number of rotatable bonds is 5. The van der Waals surface area contributed by atoms with Crippen LogP contribution in [0.3, 0.4) is 0 Å². The van der Waals surface area contributed by atoms with Crippen LogP contribution in [0.1, 0.15) is 12.0 Å². The van der Waals surface area contributed by atoms with E-state index in [4.69, 9.17) is 15.2 Å². The van der Waals surface area contributed by atoms with Gasteiger partial charge in [0.15, 0.2) is 28.7 Å². The fourth-order valence-corrected chi connectivity index (χ4v) is 3.68. The molecule has 0 bridgehead atoms. The Morgan fingerprint density at radius 1 is 1.36 bits per heavy atom. The number of nitrogens with two attached hydrogens (primary N) is 1. The van der Waals surface area contributed by atoms with Crippen molar-refractivity contribution < 1.29 is 24.8 Å².